The Kier molecular flexibility index (Phi) is 6.15. The molecular weight excluding hydrogens is 220 g/mol. The Balaban J connectivity index is 2.27. The number of rotatable bonds is 7. The number of aliphatic hydroxyl groups excluding tert-OH is 3. The van der Waals surface area contributed by atoms with Crippen molar-refractivity contribution in [2.24, 2.45) is 5.92 Å². The summed E-state index contributed by atoms with van der Waals surface area (Å²) in [5, 5.41) is 27.6. The summed E-state index contributed by atoms with van der Waals surface area (Å²) < 4.78 is 5.44. The summed E-state index contributed by atoms with van der Waals surface area (Å²) in [6.07, 6.45) is -2.07. The Morgan fingerprint density at radius 1 is 1.18 bits per heavy atom. The van der Waals surface area contributed by atoms with Crippen LogP contribution in [-0.4, -0.2) is 40.7 Å². The van der Waals surface area contributed by atoms with Crippen LogP contribution >= 0.6 is 0 Å². The largest absolute Gasteiger partial charge is 0.394 e. The fraction of sp³-hybridized carbons (Fsp3) is 0.538. The van der Waals surface area contributed by atoms with Crippen LogP contribution in [0.15, 0.2) is 30.3 Å². The first kappa shape index (κ1) is 14.1. The molecule has 0 aliphatic rings. The van der Waals surface area contributed by atoms with Crippen molar-refractivity contribution in [3.8, 4) is 0 Å². The monoisotopic (exact) mass is 240 g/mol. The molecule has 4 heteroatoms. The first-order chi connectivity index (χ1) is 8.15. The highest BCUT2D eigenvalue weighted by Crippen LogP contribution is 2.09. The molecule has 17 heavy (non-hydrogen) atoms. The van der Waals surface area contributed by atoms with Crippen LogP contribution in [0.25, 0.3) is 0 Å². The molecule has 0 aliphatic heterocycles. The van der Waals surface area contributed by atoms with E-state index in [4.69, 9.17) is 9.84 Å². The van der Waals surface area contributed by atoms with Crippen LogP contribution in [0.4, 0.5) is 0 Å². The molecule has 0 amide bonds. The third-order valence-electron chi connectivity index (χ3n) is 2.66. The van der Waals surface area contributed by atoms with Crippen LogP contribution in [0.2, 0.25) is 0 Å². The topological polar surface area (TPSA) is 69.9 Å². The van der Waals surface area contributed by atoms with E-state index in [2.05, 4.69) is 0 Å². The molecule has 1 rings (SSSR count). The maximum atomic E-state index is 9.59. The fourth-order valence-electron chi connectivity index (χ4n) is 1.52. The van der Waals surface area contributed by atoms with Gasteiger partial charge in [0.05, 0.1) is 25.9 Å². The van der Waals surface area contributed by atoms with E-state index in [0.29, 0.717) is 13.2 Å². The van der Waals surface area contributed by atoms with Gasteiger partial charge in [0, 0.05) is 5.92 Å². The Hall–Kier alpha value is -0.940. The van der Waals surface area contributed by atoms with Gasteiger partial charge in [-0.3, -0.25) is 0 Å². The van der Waals surface area contributed by atoms with E-state index in [1.54, 1.807) is 6.92 Å². The first-order valence-electron chi connectivity index (χ1n) is 5.73. The van der Waals surface area contributed by atoms with E-state index in [9.17, 15) is 10.2 Å². The van der Waals surface area contributed by atoms with Gasteiger partial charge in [0.25, 0.3) is 0 Å². The molecule has 1 aromatic rings. The van der Waals surface area contributed by atoms with Crippen molar-refractivity contribution < 1.29 is 20.1 Å². The minimum Gasteiger partial charge on any atom is -0.394 e. The molecule has 0 saturated heterocycles. The molecule has 0 bridgehead atoms. The van der Waals surface area contributed by atoms with Crippen molar-refractivity contribution in [2.45, 2.75) is 25.7 Å². The Morgan fingerprint density at radius 3 is 2.41 bits per heavy atom. The average Bonchev–Trinajstić information content (AvgIpc) is 2.38. The second-order valence-corrected chi connectivity index (χ2v) is 4.22. The molecule has 0 radical (unpaired) electrons. The molecule has 4 nitrogen and oxygen atoms in total. The second-order valence-electron chi connectivity index (χ2n) is 4.22. The summed E-state index contributed by atoms with van der Waals surface area (Å²) in [6, 6.07) is 9.74. The molecule has 3 N–H and O–H groups in total. The van der Waals surface area contributed by atoms with E-state index < -0.39 is 18.8 Å². The molecule has 0 spiro atoms. The van der Waals surface area contributed by atoms with Crippen LogP contribution < -0.4 is 0 Å². The fourth-order valence-corrected chi connectivity index (χ4v) is 1.52. The van der Waals surface area contributed by atoms with Crippen LogP contribution in [0, 0.1) is 5.92 Å². The molecule has 0 fully saturated rings. The van der Waals surface area contributed by atoms with Crippen LogP contribution in [0.1, 0.15) is 12.5 Å². The van der Waals surface area contributed by atoms with Gasteiger partial charge >= 0.3 is 0 Å². The standard InChI is InChI=1S/C13H20O4/c1-10(13(16)12(15)7-14)8-17-9-11-5-3-2-4-6-11/h2-6,10,12-16H,7-9H2,1H3/t10-,12+,13-/m1/s1. The summed E-state index contributed by atoms with van der Waals surface area (Å²) in [5.41, 5.74) is 1.07. The van der Waals surface area contributed by atoms with Crippen molar-refractivity contribution in [3.63, 3.8) is 0 Å². The molecule has 0 unspecified atom stereocenters. The Labute approximate surface area is 101 Å². The van der Waals surface area contributed by atoms with Crippen molar-refractivity contribution in [1.82, 2.24) is 0 Å². The molecule has 96 valence electrons. The quantitative estimate of drug-likeness (QED) is 0.651. The predicted octanol–water partition coefficient (Wildman–Crippen LogP) is 0.553. The lowest BCUT2D eigenvalue weighted by Crippen LogP contribution is -2.36. The van der Waals surface area contributed by atoms with E-state index in [1.165, 1.54) is 0 Å². The molecule has 0 aliphatic carbocycles. The summed E-state index contributed by atoms with van der Waals surface area (Å²) in [7, 11) is 0. The Bertz CT molecular complexity index is 302. The zero-order valence-corrected chi connectivity index (χ0v) is 9.99. The van der Waals surface area contributed by atoms with Gasteiger partial charge in [-0.1, -0.05) is 37.3 Å². The van der Waals surface area contributed by atoms with Crippen molar-refractivity contribution >= 4 is 0 Å². The first-order valence-corrected chi connectivity index (χ1v) is 5.73. The van der Waals surface area contributed by atoms with Crippen molar-refractivity contribution in [3.05, 3.63) is 35.9 Å². The lowest BCUT2D eigenvalue weighted by Gasteiger charge is -2.22. The molecule has 1 aromatic carbocycles. The van der Waals surface area contributed by atoms with Gasteiger partial charge in [-0.2, -0.15) is 0 Å². The van der Waals surface area contributed by atoms with Gasteiger partial charge in [-0.15, -0.1) is 0 Å². The zero-order chi connectivity index (χ0) is 12.7. The van der Waals surface area contributed by atoms with E-state index in [1.807, 2.05) is 30.3 Å². The smallest absolute Gasteiger partial charge is 0.103 e. The van der Waals surface area contributed by atoms with Gasteiger partial charge in [0.1, 0.15) is 6.10 Å². The van der Waals surface area contributed by atoms with Crippen LogP contribution in [0.5, 0.6) is 0 Å². The molecular formula is C13H20O4. The summed E-state index contributed by atoms with van der Waals surface area (Å²) >= 11 is 0. The van der Waals surface area contributed by atoms with Gasteiger partial charge < -0.3 is 20.1 Å². The normalized spacial score (nSPS) is 16.5. The third kappa shape index (κ3) is 4.83. The molecule has 3 atom stereocenters. The molecule has 0 heterocycles. The van der Waals surface area contributed by atoms with Crippen LogP contribution in [0.3, 0.4) is 0 Å². The summed E-state index contributed by atoms with van der Waals surface area (Å²) in [5.74, 6) is -0.221. The number of hydrogen-bond acceptors (Lipinski definition) is 4. The SMILES string of the molecule is C[C@H](COCc1ccccc1)[C@@H](O)[C@@H](O)CO. The highest BCUT2D eigenvalue weighted by molar-refractivity contribution is 5.13. The van der Waals surface area contributed by atoms with Gasteiger partial charge in [0.15, 0.2) is 0 Å². The second kappa shape index (κ2) is 7.40. The Morgan fingerprint density at radius 2 is 1.82 bits per heavy atom. The number of aliphatic hydroxyl groups is 3. The van der Waals surface area contributed by atoms with E-state index >= 15 is 0 Å². The summed E-state index contributed by atoms with van der Waals surface area (Å²) in [4.78, 5) is 0. The lowest BCUT2D eigenvalue weighted by molar-refractivity contribution is -0.0600. The van der Waals surface area contributed by atoms with Gasteiger partial charge in [-0.05, 0) is 5.56 Å². The minimum atomic E-state index is -1.11. The highest BCUT2D eigenvalue weighted by atomic mass is 16.5. The van der Waals surface area contributed by atoms with E-state index in [-0.39, 0.29) is 5.92 Å². The van der Waals surface area contributed by atoms with Crippen LogP contribution in [-0.2, 0) is 11.3 Å². The van der Waals surface area contributed by atoms with Crippen molar-refractivity contribution in [1.29, 1.82) is 0 Å². The van der Waals surface area contributed by atoms with E-state index in [0.717, 1.165) is 5.56 Å². The predicted molar refractivity (Wildman–Crippen MR) is 64.4 cm³/mol. The zero-order valence-electron chi connectivity index (χ0n) is 9.99. The number of benzene rings is 1. The molecule has 0 aromatic heterocycles. The maximum absolute atomic E-state index is 9.59. The molecule has 0 saturated carbocycles. The highest BCUT2D eigenvalue weighted by Gasteiger charge is 2.22. The van der Waals surface area contributed by atoms with Gasteiger partial charge in [0.2, 0.25) is 0 Å². The lowest BCUT2D eigenvalue weighted by atomic mass is 10.0. The van der Waals surface area contributed by atoms with Crippen molar-refractivity contribution in [2.75, 3.05) is 13.2 Å². The summed E-state index contributed by atoms with van der Waals surface area (Å²) in [6.45, 7) is 2.15. The minimum absolute atomic E-state index is 0.221. The number of hydrogen-bond donors (Lipinski definition) is 3. The van der Waals surface area contributed by atoms with Gasteiger partial charge in [-0.25, -0.2) is 0 Å². The maximum Gasteiger partial charge on any atom is 0.103 e. The third-order valence-corrected chi connectivity index (χ3v) is 2.66. The number of ether oxygens (including phenoxy) is 1. The average molecular weight is 240 g/mol.